The summed E-state index contributed by atoms with van der Waals surface area (Å²) in [6, 6.07) is 15.5. The first kappa shape index (κ1) is 16.0. The fourth-order valence-corrected chi connectivity index (χ4v) is 2.09. The molecule has 1 amide bonds. The standard InChI is InChI=1S/C17H19FN2O2/c18-15-8-6-14(7-9-15)12-19-17(22)13-20(10-11-21)16-4-2-1-3-5-16/h1-9,21H,10-13H2,(H,19,22). The van der Waals surface area contributed by atoms with Gasteiger partial charge in [0.25, 0.3) is 0 Å². The van der Waals surface area contributed by atoms with Crippen molar-refractivity contribution < 1.29 is 14.3 Å². The fraction of sp³-hybridized carbons (Fsp3) is 0.235. The summed E-state index contributed by atoms with van der Waals surface area (Å²) in [4.78, 5) is 13.8. The van der Waals surface area contributed by atoms with Crippen molar-refractivity contribution in [1.82, 2.24) is 5.32 Å². The monoisotopic (exact) mass is 302 g/mol. The van der Waals surface area contributed by atoms with Crippen molar-refractivity contribution in [3.05, 3.63) is 66.0 Å². The van der Waals surface area contributed by atoms with Crippen LogP contribution in [0.2, 0.25) is 0 Å². The molecule has 0 atom stereocenters. The van der Waals surface area contributed by atoms with Crippen LogP contribution in [0.5, 0.6) is 0 Å². The van der Waals surface area contributed by atoms with E-state index >= 15 is 0 Å². The highest BCUT2D eigenvalue weighted by atomic mass is 19.1. The summed E-state index contributed by atoms with van der Waals surface area (Å²) < 4.78 is 12.8. The van der Waals surface area contributed by atoms with Crippen LogP contribution in [0.3, 0.4) is 0 Å². The molecular weight excluding hydrogens is 283 g/mol. The molecule has 0 radical (unpaired) electrons. The maximum absolute atomic E-state index is 12.8. The van der Waals surface area contributed by atoms with Gasteiger partial charge in [-0.25, -0.2) is 4.39 Å². The Balaban J connectivity index is 1.89. The van der Waals surface area contributed by atoms with Crippen LogP contribution >= 0.6 is 0 Å². The summed E-state index contributed by atoms with van der Waals surface area (Å²) in [5.41, 5.74) is 1.72. The van der Waals surface area contributed by atoms with Crippen molar-refractivity contribution in [3.63, 3.8) is 0 Å². The second kappa shape index (κ2) is 8.14. The lowest BCUT2D eigenvalue weighted by Crippen LogP contribution is -2.38. The van der Waals surface area contributed by atoms with Crippen LogP contribution in [0.25, 0.3) is 0 Å². The smallest absolute Gasteiger partial charge is 0.239 e. The average molecular weight is 302 g/mol. The third-order valence-corrected chi connectivity index (χ3v) is 3.23. The molecule has 0 saturated heterocycles. The van der Waals surface area contributed by atoms with Crippen molar-refractivity contribution in [2.24, 2.45) is 0 Å². The number of aliphatic hydroxyl groups is 1. The highest BCUT2D eigenvalue weighted by Gasteiger charge is 2.10. The van der Waals surface area contributed by atoms with Gasteiger partial charge in [-0.15, -0.1) is 0 Å². The summed E-state index contributed by atoms with van der Waals surface area (Å²) in [6.45, 7) is 0.862. The van der Waals surface area contributed by atoms with Crippen LogP contribution in [0.4, 0.5) is 10.1 Å². The summed E-state index contributed by atoms with van der Waals surface area (Å²) in [5.74, 6) is -0.449. The van der Waals surface area contributed by atoms with Crippen LogP contribution < -0.4 is 10.2 Å². The average Bonchev–Trinajstić information content (AvgIpc) is 2.55. The topological polar surface area (TPSA) is 52.6 Å². The van der Waals surface area contributed by atoms with Crippen molar-refractivity contribution in [2.75, 3.05) is 24.6 Å². The number of hydrogen-bond acceptors (Lipinski definition) is 3. The van der Waals surface area contributed by atoms with Gasteiger partial charge in [0.2, 0.25) is 5.91 Å². The Kier molecular flexibility index (Phi) is 5.91. The second-order valence-electron chi connectivity index (χ2n) is 4.88. The van der Waals surface area contributed by atoms with Gasteiger partial charge in [-0.1, -0.05) is 30.3 Å². The molecule has 0 aliphatic carbocycles. The Bertz CT molecular complexity index is 587. The molecule has 0 bridgehead atoms. The highest BCUT2D eigenvalue weighted by molar-refractivity contribution is 5.81. The van der Waals surface area contributed by atoms with E-state index in [0.29, 0.717) is 13.1 Å². The SMILES string of the molecule is O=C(CN(CCO)c1ccccc1)NCc1ccc(F)cc1. The first-order valence-corrected chi connectivity index (χ1v) is 7.11. The lowest BCUT2D eigenvalue weighted by atomic mass is 10.2. The van der Waals surface area contributed by atoms with E-state index in [1.54, 1.807) is 17.0 Å². The third-order valence-electron chi connectivity index (χ3n) is 3.23. The molecule has 5 heteroatoms. The minimum atomic E-state index is -0.298. The number of nitrogens with one attached hydrogen (secondary N) is 1. The molecule has 0 fully saturated rings. The summed E-state index contributed by atoms with van der Waals surface area (Å²) >= 11 is 0. The number of halogens is 1. The van der Waals surface area contributed by atoms with Gasteiger partial charge in [0.15, 0.2) is 0 Å². The van der Waals surface area contributed by atoms with Gasteiger partial charge in [-0.05, 0) is 29.8 Å². The van der Waals surface area contributed by atoms with E-state index in [4.69, 9.17) is 5.11 Å². The molecule has 2 rings (SSSR count). The maximum atomic E-state index is 12.8. The first-order valence-electron chi connectivity index (χ1n) is 7.11. The number of nitrogens with zero attached hydrogens (tertiary/aromatic N) is 1. The largest absolute Gasteiger partial charge is 0.395 e. The van der Waals surface area contributed by atoms with Crippen LogP contribution in [0.1, 0.15) is 5.56 Å². The molecule has 0 heterocycles. The quantitative estimate of drug-likeness (QED) is 0.822. The number of para-hydroxylation sites is 1. The van der Waals surface area contributed by atoms with Crippen LogP contribution in [0, 0.1) is 5.82 Å². The van der Waals surface area contributed by atoms with Crippen molar-refractivity contribution in [2.45, 2.75) is 6.54 Å². The molecule has 0 saturated carbocycles. The van der Waals surface area contributed by atoms with E-state index in [9.17, 15) is 9.18 Å². The Morgan fingerprint density at radius 2 is 1.77 bits per heavy atom. The lowest BCUT2D eigenvalue weighted by Gasteiger charge is -2.23. The van der Waals surface area contributed by atoms with Gasteiger partial charge in [0, 0.05) is 18.8 Å². The minimum absolute atomic E-state index is 0.0276. The van der Waals surface area contributed by atoms with Crippen molar-refractivity contribution >= 4 is 11.6 Å². The zero-order valence-corrected chi connectivity index (χ0v) is 12.2. The van der Waals surface area contributed by atoms with Crippen LogP contribution in [-0.4, -0.2) is 30.7 Å². The number of rotatable bonds is 7. The van der Waals surface area contributed by atoms with E-state index < -0.39 is 0 Å². The molecule has 0 spiro atoms. The number of benzene rings is 2. The number of aliphatic hydroxyl groups excluding tert-OH is 1. The minimum Gasteiger partial charge on any atom is -0.395 e. The van der Waals surface area contributed by atoms with Crippen molar-refractivity contribution in [3.8, 4) is 0 Å². The maximum Gasteiger partial charge on any atom is 0.239 e. The molecular formula is C17H19FN2O2. The second-order valence-corrected chi connectivity index (χ2v) is 4.88. The molecule has 0 aromatic heterocycles. The van der Waals surface area contributed by atoms with Gasteiger partial charge >= 0.3 is 0 Å². The van der Waals surface area contributed by atoms with E-state index in [1.165, 1.54) is 12.1 Å². The van der Waals surface area contributed by atoms with Gasteiger partial charge in [-0.3, -0.25) is 4.79 Å². The van der Waals surface area contributed by atoms with Crippen molar-refractivity contribution in [1.29, 1.82) is 0 Å². The molecule has 4 nitrogen and oxygen atoms in total. The molecule has 0 unspecified atom stereocenters. The molecule has 116 valence electrons. The highest BCUT2D eigenvalue weighted by Crippen LogP contribution is 2.12. The van der Waals surface area contributed by atoms with Crippen LogP contribution in [-0.2, 0) is 11.3 Å². The number of anilines is 1. The Hall–Kier alpha value is -2.40. The number of carbonyl (C=O) groups is 1. The van der Waals surface area contributed by atoms with E-state index in [2.05, 4.69) is 5.32 Å². The predicted octanol–water partition coefficient (Wildman–Crippen LogP) is 1.94. The third kappa shape index (κ3) is 4.86. The molecule has 2 N–H and O–H groups in total. The van der Waals surface area contributed by atoms with E-state index in [-0.39, 0.29) is 24.9 Å². The van der Waals surface area contributed by atoms with Gasteiger partial charge < -0.3 is 15.3 Å². The predicted molar refractivity (Wildman–Crippen MR) is 84.0 cm³/mol. The van der Waals surface area contributed by atoms with Gasteiger partial charge in [0.1, 0.15) is 5.82 Å². The first-order chi connectivity index (χ1) is 10.7. The summed E-state index contributed by atoms with van der Waals surface area (Å²) in [6.07, 6.45) is 0. The lowest BCUT2D eigenvalue weighted by molar-refractivity contribution is -0.119. The Labute approximate surface area is 129 Å². The Morgan fingerprint density at radius 1 is 1.09 bits per heavy atom. The fourth-order valence-electron chi connectivity index (χ4n) is 2.09. The van der Waals surface area contributed by atoms with E-state index in [0.717, 1.165) is 11.3 Å². The van der Waals surface area contributed by atoms with Crippen LogP contribution in [0.15, 0.2) is 54.6 Å². The molecule has 22 heavy (non-hydrogen) atoms. The summed E-state index contributed by atoms with van der Waals surface area (Å²) in [5, 5.41) is 11.9. The molecule has 2 aromatic rings. The molecule has 0 aliphatic heterocycles. The number of hydrogen-bond donors (Lipinski definition) is 2. The van der Waals surface area contributed by atoms with Gasteiger partial charge in [0.05, 0.1) is 13.2 Å². The normalized spacial score (nSPS) is 10.3. The van der Waals surface area contributed by atoms with Gasteiger partial charge in [-0.2, -0.15) is 0 Å². The Morgan fingerprint density at radius 3 is 2.41 bits per heavy atom. The summed E-state index contributed by atoms with van der Waals surface area (Å²) in [7, 11) is 0. The molecule has 2 aromatic carbocycles. The number of carbonyl (C=O) groups excluding carboxylic acids is 1. The van der Waals surface area contributed by atoms with E-state index in [1.807, 2.05) is 30.3 Å². The number of amides is 1. The zero-order valence-electron chi connectivity index (χ0n) is 12.2. The molecule has 0 aliphatic rings. The zero-order chi connectivity index (χ0) is 15.8.